The molecule has 0 aromatic carbocycles. The second kappa shape index (κ2) is 8.98. The summed E-state index contributed by atoms with van der Waals surface area (Å²) in [5.74, 6) is -0.804. The van der Waals surface area contributed by atoms with Gasteiger partial charge in [-0.3, -0.25) is 9.59 Å². The Morgan fingerprint density at radius 2 is 2.27 bits per heavy atom. The van der Waals surface area contributed by atoms with Gasteiger partial charge in [-0.25, -0.2) is 4.98 Å². The van der Waals surface area contributed by atoms with Crippen molar-refractivity contribution in [3.8, 4) is 0 Å². The number of carbonyl (C=O) groups is 2. The Labute approximate surface area is 133 Å². The van der Waals surface area contributed by atoms with Crippen molar-refractivity contribution in [3.05, 3.63) is 11.1 Å². The molecular weight excluding hydrogens is 306 g/mol. The number of nitrogen functional groups attached to an aromatic ring is 1. The number of aromatic nitrogens is 1. The lowest BCUT2D eigenvalue weighted by molar-refractivity contribution is -0.126. The van der Waals surface area contributed by atoms with Crippen LogP contribution in [0.25, 0.3) is 0 Å². The van der Waals surface area contributed by atoms with E-state index >= 15 is 0 Å². The summed E-state index contributed by atoms with van der Waals surface area (Å²) >= 11 is 1.19. The van der Waals surface area contributed by atoms with Crippen molar-refractivity contribution in [3.63, 3.8) is 0 Å². The molecule has 8 nitrogen and oxygen atoms in total. The molecule has 122 valence electrons. The number of carbonyl (C=O) groups excluding carboxylic acids is 2. The van der Waals surface area contributed by atoms with Crippen LogP contribution in [0.5, 0.6) is 0 Å². The Morgan fingerprint density at radius 3 is 2.82 bits per heavy atom. The van der Waals surface area contributed by atoms with Crippen LogP contribution < -0.4 is 16.4 Å². The highest BCUT2D eigenvalue weighted by Crippen LogP contribution is 2.12. The Hall–Kier alpha value is -2.16. The minimum absolute atomic E-state index is 0.0244. The molecule has 1 aromatic rings. The van der Waals surface area contributed by atoms with Gasteiger partial charge in [-0.15, -0.1) is 11.3 Å². The van der Waals surface area contributed by atoms with Gasteiger partial charge in [0, 0.05) is 11.9 Å². The third-order valence-electron chi connectivity index (χ3n) is 2.73. The number of unbranched alkanes of at least 4 members (excludes halogenated alkanes) is 1. The van der Waals surface area contributed by atoms with E-state index in [4.69, 9.17) is 5.73 Å². The molecule has 1 aromatic heterocycles. The Balaban J connectivity index is 2.68. The van der Waals surface area contributed by atoms with Gasteiger partial charge in [0.25, 0.3) is 5.91 Å². The zero-order chi connectivity index (χ0) is 16.5. The predicted octanol–water partition coefficient (Wildman–Crippen LogP) is 0.497. The van der Waals surface area contributed by atoms with Gasteiger partial charge in [0.1, 0.15) is 18.8 Å². The van der Waals surface area contributed by atoms with Crippen LogP contribution in [-0.4, -0.2) is 42.2 Å². The molecule has 0 bridgehead atoms. The number of hydrogen-bond acceptors (Lipinski definition) is 7. The van der Waals surface area contributed by atoms with Gasteiger partial charge >= 0.3 is 0 Å². The molecule has 0 radical (unpaired) electrons. The van der Waals surface area contributed by atoms with Crippen molar-refractivity contribution in [2.24, 2.45) is 5.16 Å². The van der Waals surface area contributed by atoms with Gasteiger partial charge in [-0.05, 0) is 13.3 Å². The molecule has 1 rings (SSSR count). The van der Waals surface area contributed by atoms with Crippen molar-refractivity contribution in [1.82, 2.24) is 15.6 Å². The molecule has 0 saturated carbocycles. The minimum atomic E-state index is -0.692. The number of nitrogens with zero attached hydrogens (tertiary/aromatic N) is 2. The van der Waals surface area contributed by atoms with Crippen molar-refractivity contribution in [2.75, 3.05) is 19.4 Å². The third-order valence-corrected chi connectivity index (χ3v) is 3.41. The first-order valence-corrected chi connectivity index (χ1v) is 7.78. The maximum Gasteiger partial charge on any atom is 0.276 e. The van der Waals surface area contributed by atoms with E-state index in [2.05, 4.69) is 25.6 Å². The first-order chi connectivity index (χ1) is 10.5. The fraction of sp³-hybridized carbons (Fsp3) is 0.538. The highest BCUT2D eigenvalue weighted by Gasteiger charge is 2.22. The van der Waals surface area contributed by atoms with Gasteiger partial charge < -0.3 is 21.2 Å². The summed E-state index contributed by atoms with van der Waals surface area (Å²) in [6.07, 6.45) is 1.87. The number of amides is 2. The van der Waals surface area contributed by atoms with Crippen LogP contribution in [0.3, 0.4) is 0 Å². The Kier molecular flexibility index (Phi) is 7.30. The van der Waals surface area contributed by atoms with Crippen molar-refractivity contribution in [2.45, 2.75) is 32.7 Å². The molecule has 0 spiro atoms. The number of nitrogens with one attached hydrogen (secondary N) is 2. The lowest BCUT2D eigenvalue weighted by Crippen LogP contribution is -2.47. The first-order valence-electron chi connectivity index (χ1n) is 6.90. The van der Waals surface area contributed by atoms with E-state index in [0.29, 0.717) is 17.4 Å². The molecular formula is C13H21N5O3S. The first kappa shape index (κ1) is 17.9. The molecule has 0 aliphatic rings. The maximum atomic E-state index is 12.2. The number of rotatable bonds is 8. The summed E-state index contributed by atoms with van der Waals surface area (Å²) in [7, 11) is 1.32. The molecule has 9 heteroatoms. The molecule has 0 aliphatic carbocycles. The van der Waals surface area contributed by atoms with Crippen LogP contribution >= 0.6 is 11.3 Å². The third kappa shape index (κ3) is 5.32. The smallest absolute Gasteiger partial charge is 0.276 e. The molecule has 0 saturated heterocycles. The number of nitrogens with two attached hydrogens (primary N) is 1. The second-order valence-corrected chi connectivity index (χ2v) is 5.42. The highest BCUT2D eigenvalue weighted by molar-refractivity contribution is 7.13. The van der Waals surface area contributed by atoms with Crippen molar-refractivity contribution < 1.29 is 14.4 Å². The molecule has 0 unspecified atom stereocenters. The normalized spacial score (nSPS) is 12.6. The van der Waals surface area contributed by atoms with Crippen LogP contribution in [0.15, 0.2) is 10.5 Å². The van der Waals surface area contributed by atoms with Crippen LogP contribution in [0.2, 0.25) is 0 Å². The molecule has 22 heavy (non-hydrogen) atoms. The van der Waals surface area contributed by atoms with Gasteiger partial charge in [-0.2, -0.15) is 0 Å². The summed E-state index contributed by atoms with van der Waals surface area (Å²) in [6.45, 7) is 4.21. The van der Waals surface area contributed by atoms with Crippen LogP contribution in [0.4, 0.5) is 5.13 Å². The van der Waals surface area contributed by atoms with Crippen molar-refractivity contribution >= 4 is 34.0 Å². The van der Waals surface area contributed by atoms with E-state index in [1.807, 2.05) is 6.92 Å². The lowest BCUT2D eigenvalue weighted by atomic mass is 10.2. The maximum absolute atomic E-state index is 12.2. The van der Waals surface area contributed by atoms with E-state index in [9.17, 15) is 9.59 Å². The summed E-state index contributed by atoms with van der Waals surface area (Å²) in [6, 6.07) is -0.692. The molecule has 0 fully saturated rings. The molecule has 2 amide bonds. The summed E-state index contributed by atoms with van der Waals surface area (Å²) in [4.78, 5) is 32.7. The molecule has 4 N–H and O–H groups in total. The lowest BCUT2D eigenvalue weighted by Gasteiger charge is -2.14. The highest BCUT2D eigenvalue weighted by atomic mass is 32.1. The monoisotopic (exact) mass is 327 g/mol. The molecule has 0 aliphatic heterocycles. The average Bonchev–Trinajstić information content (AvgIpc) is 2.90. The van der Waals surface area contributed by atoms with E-state index in [1.54, 1.807) is 12.3 Å². The minimum Gasteiger partial charge on any atom is -0.398 e. The zero-order valence-electron chi connectivity index (χ0n) is 12.9. The fourth-order valence-electron chi connectivity index (χ4n) is 1.56. The topological polar surface area (TPSA) is 119 Å². The van der Waals surface area contributed by atoms with Gasteiger partial charge in [0.15, 0.2) is 10.8 Å². The molecule has 1 atom stereocenters. The van der Waals surface area contributed by atoms with Crippen molar-refractivity contribution in [1.29, 1.82) is 0 Å². The number of oxime groups is 1. The largest absolute Gasteiger partial charge is 0.398 e. The number of hydrogen-bond donors (Lipinski definition) is 3. The van der Waals surface area contributed by atoms with Gasteiger partial charge in [-0.1, -0.05) is 18.5 Å². The van der Waals surface area contributed by atoms with E-state index in [0.717, 1.165) is 12.8 Å². The molecule has 1 heterocycles. The SMILES string of the molecule is CCCCNC(=O)[C@H](C)NC(=O)/C(=N\OC)c1csc(N)n1. The second-order valence-electron chi connectivity index (χ2n) is 4.53. The summed E-state index contributed by atoms with van der Waals surface area (Å²) < 4.78 is 0. The summed E-state index contributed by atoms with van der Waals surface area (Å²) in [5.41, 5.74) is 5.83. The standard InChI is InChI=1S/C13H21N5O3S/c1-4-5-6-15-11(19)8(2)16-12(20)10(18-21-3)9-7-22-13(14)17-9/h7-8H,4-6H2,1-3H3,(H2,14,17)(H,15,19)(H,16,20)/b18-10-/t8-/m0/s1. The van der Waals surface area contributed by atoms with Gasteiger partial charge in [0.05, 0.1) is 0 Å². The predicted molar refractivity (Wildman–Crippen MR) is 85.6 cm³/mol. The van der Waals surface area contributed by atoms with E-state index in [-0.39, 0.29) is 11.6 Å². The van der Waals surface area contributed by atoms with Crippen LogP contribution in [0, 0.1) is 0 Å². The van der Waals surface area contributed by atoms with E-state index in [1.165, 1.54) is 18.4 Å². The van der Waals surface area contributed by atoms with Crippen LogP contribution in [0.1, 0.15) is 32.4 Å². The average molecular weight is 327 g/mol. The Bertz CT molecular complexity index is 544. The zero-order valence-corrected chi connectivity index (χ0v) is 13.7. The number of anilines is 1. The van der Waals surface area contributed by atoms with Crippen LogP contribution in [-0.2, 0) is 14.4 Å². The van der Waals surface area contributed by atoms with Gasteiger partial charge in [0.2, 0.25) is 5.91 Å². The number of thiazole rings is 1. The quantitative estimate of drug-likeness (QED) is 0.365. The summed E-state index contributed by atoms with van der Waals surface area (Å²) in [5, 5.41) is 10.9. The van der Waals surface area contributed by atoms with E-state index < -0.39 is 11.9 Å². The Morgan fingerprint density at radius 1 is 1.55 bits per heavy atom. The fourth-order valence-corrected chi connectivity index (χ4v) is 2.11.